The minimum absolute atomic E-state index is 0.0866. The van der Waals surface area contributed by atoms with E-state index in [9.17, 15) is 23.1 Å². The molecule has 1 rings (SSSR count). The van der Waals surface area contributed by atoms with Gasteiger partial charge in [0.05, 0.1) is 19.1 Å². The average Bonchev–Trinajstić information content (AvgIpc) is 2.46. The number of esters is 1. The van der Waals surface area contributed by atoms with Gasteiger partial charge in [-0.05, 0) is 31.0 Å². The smallest absolute Gasteiger partial charge is 0.397 e. The molecule has 0 aliphatic carbocycles. The lowest BCUT2D eigenvalue weighted by atomic mass is 9.68. The molecule has 0 aromatic heterocycles. The first-order valence-corrected chi connectivity index (χ1v) is 7.05. The van der Waals surface area contributed by atoms with Crippen LogP contribution in [0, 0.1) is 5.41 Å². The Morgan fingerprint density at radius 1 is 1.32 bits per heavy atom. The van der Waals surface area contributed by atoms with Gasteiger partial charge in [-0.3, -0.25) is 4.79 Å². The van der Waals surface area contributed by atoms with Crippen LogP contribution in [0.3, 0.4) is 0 Å². The zero-order valence-electron chi connectivity index (χ0n) is 12.4. The van der Waals surface area contributed by atoms with Crippen LogP contribution in [-0.2, 0) is 9.53 Å². The van der Waals surface area contributed by atoms with E-state index < -0.39 is 29.6 Å². The molecular weight excluding hydrogens is 321 g/mol. The number of carbonyl (C=O) groups is 1. The molecule has 0 heterocycles. The van der Waals surface area contributed by atoms with Crippen molar-refractivity contribution in [2.24, 2.45) is 5.41 Å². The van der Waals surface area contributed by atoms with Gasteiger partial charge < -0.3 is 9.84 Å². The van der Waals surface area contributed by atoms with Gasteiger partial charge in [-0.1, -0.05) is 30.7 Å². The van der Waals surface area contributed by atoms with Crippen LogP contribution < -0.4 is 0 Å². The molecule has 3 nitrogen and oxygen atoms in total. The highest BCUT2D eigenvalue weighted by molar-refractivity contribution is 6.30. The monoisotopic (exact) mass is 338 g/mol. The molecule has 0 saturated carbocycles. The molecule has 3 atom stereocenters. The van der Waals surface area contributed by atoms with E-state index in [-0.39, 0.29) is 12.0 Å². The summed E-state index contributed by atoms with van der Waals surface area (Å²) in [5.41, 5.74) is -2.59. The normalized spacial score (nSPS) is 17.5. The first-order valence-electron chi connectivity index (χ1n) is 6.67. The van der Waals surface area contributed by atoms with E-state index >= 15 is 0 Å². The van der Waals surface area contributed by atoms with E-state index in [1.807, 2.05) is 0 Å². The molecular formula is C15H18ClF3O3. The summed E-state index contributed by atoms with van der Waals surface area (Å²) in [7, 11) is 1.01. The molecule has 1 aromatic rings. The number of aliphatic hydroxyl groups is 1. The number of rotatable bonds is 5. The Morgan fingerprint density at radius 3 is 2.18 bits per heavy atom. The summed E-state index contributed by atoms with van der Waals surface area (Å²) in [6.07, 6.45) is -6.72. The zero-order valence-corrected chi connectivity index (χ0v) is 13.2. The van der Waals surface area contributed by atoms with Crippen molar-refractivity contribution in [3.8, 4) is 0 Å². The van der Waals surface area contributed by atoms with Crippen molar-refractivity contribution in [2.75, 3.05) is 7.11 Å². The summed E-state index contributed by atoms with van der Waals surface area (Å²) in [5, 5.41) is 10.3. The third-order valence-electron chi connectivity index (χ3n) is 3.93. The van der Waals surface area contributed by atoms with Crippen molar-refractivity contribution in [3.63, 3.8) is 0 Å². The number of aliphatic hydroxyl groups excluding tert-OH is 1. The van der Waals surface area contributed by atoms with Gasteiger partial charge in [-0.25, -0.2) is 0 Å². The number of carbonyl (C=O) groups excluding carboxylic acids is 1. The lowest BCUT2D eigenvalue weighted by Crippen LogP contribution is -2.52. The number of hydrogen-bond donors (Lipinski definition) is 1. The zero-order chi connectivity index (χ0) is 17.1. The van der Waals surface area contributed by atoms with E-state index in [2.05, 4.69) is 4.74 Å². The van der Waals surface area contributed by atoms with E-state index in [1.54, 1.807) is 0 Å². The Kier molecular flexibility index (Phi) is 5.87. The quantitative estimate of drug-likeness (QED) is 0.827. The lowest BCUT2D eigenvalue weighted by Gasteiger charge is -2.41. The van der Waals surface area contributed by atoms with Crippen LogP contribution in [-0.4, -0.2) is 30.5 Å². The van der Waals surface area contributed by atoms with E-state index in [0.717, 1.165) is 14.0 Å². The fourth-order valence-electron chi connectivity index (χ4n) is 2.47. The molecule has 7 heteroatoms. The second-order valence-corrected chi connectivity index (χ2v) is 5.65. The molecule has 0 spiro atoms. The summed E-state index contributed by atoms with van der Waals surface area (Å²) in [5.74, 6) is -2.75. The van der Waals surface area contributed by atoms with Gasteiger partial charge >= 0.3 is 12.1 Å². The second kappa shape index (κ2) is 6.87. The van der Waals surface area contributed by atoms with Crippen LogP contribution in [0.2, 0.25) is 5.02 Å². The lowest BCUT2D eigenvalue weighted by molar-refractivity contribution is -0.258. The number of benzene rings is 1. The molecule has 124 valence electrons. The van der Waals surface area contributed by atoms with Crippen LogP contribution in [0.1, 0.15) is 31.7 Å². The van der Waals surface area contributed by atoms with Crippen molar-refractivity contribution < 1.29 is 27.8 Å². The molecule has 1 N–H and O–H groups in total. The molecule has 0 amide bonds. The molecule has 3 unspecified atom stereocenters. The fraction of sp³-hybridized carbons (Fsp3) is 0.533. The maximum atomic E-state index is 13.7. The molecule has 0 saturated heterocycles. The van der Waals surface area contributed by atoms with E-state index in [4.69, 9.17) is 11.6 Å². The predicted molar refractivity (Wildman–Crippen MR) is 76.7 cm³/mol. The third-order valence-corrected chi connectivity index (χ3v) is 4.18. The second-order valence-electron chi connectivity index (χ2n) is 5.21. The van der Waals surface area contributed by atoms with Crippen molar-refractivity contribution in [3.05, 3.63) is 34.9 Å². The van der Waals surface area contributed by atoms with Crippen molar-refractivity contribution in [2.45, 2.75) is 38.5 Å². The van der Waals surface area contributed by atoms with Gasteiger partial charge in [0.1, 0.15) is 5.41 Å². The highest BCUT2D eigenvalue weighted by atomic mass is 35.5. The van der Waals surface area contributed by atoms with Crippen LogP contribution in [0.15, 0.2) is 24.3 Å². The molecule has 1 aromatic carbocycles. The highest BCUT2D eigenvalue weighted by Gasteiger charge is 2.62. The Labute approximate surface area is 132 Å². The summed E-state index contributed by atoms with van der Waals surface area (Å²) in [6.45, 7) is 2.25. The van der Waals surface area contributed by atoms with E-state index in [0.29, 0.717) is 5.02 Å². The van der Waals surface area contributed by atoms with Crippen LogP contribution in [0.4, 0.5) is 13.2 Å². The molecule has 0 bridgehead atoms. The first kappa shape index (κ1) is 18.8. The van der Waals surface area contributed by atoms with Crippen LogP contribution in [0.5, 0.6) is 0 Å². The van der Waals surface area contributed by atoms with Crippen molar-refractivity contribution in [1.82, 2.24) is 0 Å². The number of methoxy groups -OCH3 is 1. The van der Waals surface area contributed by atoms with Crippen LogP contribution >= 0.6 is 11.6 Å². The molecule has 22 heavy (non-hydrogen) atoms. The summed E-state index contributed by atoms with van der Waals surface area (Å²) >= 11 is 5.74. The van der Waals surface area contributed by atoms with Gasteiger partial charge in [0, 0.05) is 5.02 Å². The predicted octanol–water partition coefficient (Wildman–Crippen LogP) is 3.94. The fourth-order valence-corrected chi connectivity index (χ4v) is 2.60. The third kappa shape index (κ3) is 3.38. The van der Waals surface area contributed by atoms with Crippen molar-refractivity contribution >= 4 is 17.6 Å². The molecule has 0 radical (unpaired) electrons. The minimum atomic E-state index is -4.80. The summed E-state index contributed by atoms with van der Waals surface area (Å²) < 4.78 is 45.5. The maximum Gasteiger partial charge on any atom is 0.397 e. The Balaban J connectivity index is 3.52. The average molecular weight is 339 g/mol. The summed E-state index contributed by atoms with van der Waals surface area (Å²) in [4.78, 5) is 12.0. The maximum absolute atomic E-state index is 13.7. The molecule has 0 fully saturated rings. The van der Waals surface area contributed by atoms with Crippen LogP contribution in [0.25, 0.3) is 0 Å². The number of hydrogen-bond acceptors (Lipinski definition) is 3. The number of alkyl halides is 3. The van der Waals surface area contributed by atoms with Gasteiger partial charge in [-0.2, -0.15) is 13.2 Å². The molecule has 0 aliphatic heterocycles. The minimum Gasteiger partial charge on any atom is -0.469 e. The van der Waals surface area contributed by atoms with Gasteiger partial charge in [0.15, 0.2) is 0 Å². The number of ether oxygens (including phenoxy) is 1. The standard InChI is InChI=1S/C15H18ClF3O3/c1-4-11(20)14(2,15(17,18)19)12(13(21)22-3)9-5-7-10(16)8-6-9/h5-8,11-12,20H,4H2,1-3H3. The SMILES string of the molecule is CCC(O)C(C)(C(C(=O)OC)c1ccc(Cl)cc1)C(F)(F)F. The van der Waals surface area contributed by atoms with Crippen molar-refractivity contribution in [1.29, 1.82) is 0 Å². The topological polar surface area (TPSA) is 46.5 Å². The first-order chi connectivity index (χ1) is 10.1. The van der Waals surface area contributed by atoms with E-state index in [1.165, 1.54) is 31.2 Å². The summed E-state index contributed by atoms with van der Waals surface area (Å²) in [6, 6.07) is 5.44. The number of halogens is 4. The van der Waals surface area contributed by atoms with Gasteiger partial charge in [-0.15, -0.1) is 0 Å². The largest absolute Gasteiger partial charge is 0.469 e. The highest BCUT2D eigenvalue weighted by Crippen LogP contribution is 2.52. The molecule has 0 aliphatic rings. The van der Waals surface area contributed by atoms with Gasteiger partial charge in [0.25, 0.3) is 0 Å². The Morgan fingerprint density at radius 2 is 1.82 bits per heavy atom. The Hall–Kier alpha value is -1.27. The Bertz CT molecular complexity index is 516. The van der Waals surface area contributed by atoms with Gasteiger partial charge in [0.2, 0.25) is 0 Å².